The molecule has 8 nitrogen and oxygen atoms in total. The molecule has 0 bridgehead atoms. The summed E-state index contributed by atoms with van der Waals surface area (Å²) in [5, 5.41) is 3.09. The Hall–Kier alpha value is -4.79. The maximum Gasteiger partial charge on any atom is 0.338 e. The number of nitrogens with one attached hydrogen (secondary N) is 1. The van der Waals surface area contributed by atoms with Gasteiger partial charge in [-0.05, 0) is 48.5 Å². The van der Waals surface area contributed by atoms with E-state index in [9.17, 15) is 24.0 Å². The van der Waals surface area contributed by atoms with E-state index in [2.05, 4.69) is 5.32 Å². The molecule has 0 radical (unpaired) electrons. The van der Waals surface area contributed by atoms with E-state index >= 15 is 0 Å². The summed E-state index contributed by atoms with van der Waals surface area (Å²) in [6.07, 6.45) is 0. The number of nitrogens with zero attached hydrogens (tertiary/aromatic N) is 1. The molecule has 0 aromatic heterocycles. The van der Waals surface area contributed by atoms with Gasteiger partial charge in [0.05, 0.1) is 33.1 Å². The third-order valence-electron chi connectivity index (χ3n) is 6.09. The number of esters is 1. The van der Waals surface area contributed by atoms with E-state index in [4.69, 9.17) is 27.9 Å². The summed E-state index contributed by atoms with van der Waals surface area (Å²) in [5.41, 5.74) is 1.09. The van der Waals surface area contributed by atoms with Crippen molar-refractivity contribution in [3.05, 3.63) is 129 Å². The van der Waals surface area contributed by atoms with Gasteiger partial charge in [0, 0.05) is 16.1 Å². The molecule has 0 spiro atoms. The fourth-order valence-corrected chi connectivity index (χ4v) is 4.57. The van der Waals surface area contributed by atoms with Gasteiger partial charge in [-0.25, -0.2) is 9.69 Å². The number of fused-ring (bicyclic) bond motifs is 1. The Labute approximate surface area is 238 Å². The van der Waals surface area contributed by atoms with Crippen LogP contribution < -0.4 is 10.2 Å². The highest BCUT2D eigenvalue weighted by atomic mass is 35.5. The van der Waals surface area contributed by atoms with Gasteiger partial charge < -0.3 is 10.1 Å². The van der Waals surface area contributed by atoms with Gasteiger partial charge >= 0.3 is 5.97 Å². The summed E-state index contributed by atoms with van der Waals surface area (Å²) >= 11 is 12.2. The van der Waals surface area contributed by atoms with Crippen LogP contribution in [-0.4, -0.2) is 36.1 Å². The summed E-state index contributed by atoms with van der Waals surface area (Å²) in [5.74, 6) is -3.14. The highest BCUT2D eigenvalue weighted by molar-refractivity contribution is 6.40. The van der Waals surface area contributed by atoms with Crippen LogP contribution in [0.5, 0.6) is 0 Å². The van der Waals surface area contributed by atoms with E-state index < -0.39 is 30.3 Å². The number of ketones is 1. The van der Waals surface area contributed by atoms with Crippen molar-refractivity contribution in [2.45, 2.75) is 0 Å². The van der Waals surface area contributed by atoms with Crippen LogP contribution in [0.1, 0.15) is 47.0 Å². The summed E-state index contributed by atoms with van der Waals surface area (Å²) in [6.45, 7) is -0.670. The van der Waals surface area contributed by atoms with Crippen molar-refractivity contribution >= 4 is 64.1 Å². The van der Waals surface area contributed by atoms with E-state index in [1.54, 1.807) is 48.5 Å². The number of carbonyl (C=O) groups is 5. The monoisotopic (exact) mass is 572 g/mol. The van der Waals surface area contributed by atoms with Crippen LogP contribution in [-0.2, 0) is 9.53 Å². The van der Waals surface area contributed by atoms with Crippen LogP contribution in [0.25, 0.3) is 0 Å². The minimum absolute atomic E-state index is 0.00838. The normalized spacial score (nSPS) is 12.2. The third-order valence-corrected chi connectivity index (χ3v) is 6.64. The average molecular weight is 573 g/mol. The van der Waals surface area contributed by atoms with Gasteiger partial charge in [0.15, 0.2) is 12.4 Å². The van der Waals surface area contributed by atoms with Gasteiger partial charge in [0.25, 0.3) is 17.7 Å². The fraction of sp³-hybridized carbons (Fsp3) is 0.0333. The first-order valence-electron chi connectivity index (χ1n) is 11.9. The van der Waals surface area contributed by atoms with Crippen LogP contribution in [0.2, 0.25) is 10.0 Å². The van der Waals surface area contributed by atoms with Crippen molar-refractivity contribution in [1.29, 1.82) is 0 Å². The molecule has 0 unspecified atom stereocenters. The Morgan fingerprint density at radius 1 is 0.750 bits per heavy atom. The number of para-hydroxylation sites is 1. The molecule has 4 aromatic rings. The molecule has 5 rings (SSSR count). The molecule has 0 aliphatic carbocycles. The molecule has 40 heavy (non-hydrogen) atoms. The van der Waals surface area contributed by atoms with E-state index in [1.165, 1.54) is 42.5 Å². The van der Waals surface area contributed by atoms with Gasteiger partial charge in [0.2, 0.25) is 0 Å². The lowest BCUT2D eigenvalue weighted by Gasteiger charge is -2.15. The van der Waals surface area contributed by atoms with E-state index in [0.29, 0.717) is 10.6 Å². The molecule has 1 N–H and O–H groups in total. The Balaban J connectivity index is 1.28. The molecule has 1 aliphatic heterocycles. The number of amides is 3. The lowest BCUT2D eigenvalue weighted by molar-refractivity contribution is -0.119. The highest BCUT2D eigenvalue weighted by Crippen LogP contribution is 2.33. The second-order valence-electron chi connectivity index (χ2n) is 8.67. The zero-order valence-electron chi connectivity index (χ0n) is 20.5. The first kappa shape index (κ1) is 26.8. The maximum absolute atomic E-state index is 13.0. The number of rotatable bonds is 7. The van der Waals surface area contributed by atoms with Gasteiger partial charge in [-0.15, -0.1) is 0 Å². The minimum atomic E-state index is -0.883. The standard InChI is InChI=1S/C30H18Cl2N2O6/c31-19-11-13-24(22(15-19)27(36)17-6-2-1-3-7-17)33-26(35)16-40-30(39)18-10-12-20-21(14-18)29(38)34(28(20)37)25-9-5-4-8-23(25)32/h1-15H,16H2,(H,33,35). The van der Waals surface area contributed by atoms with E-state index in [-0.39, 0.29) is 44.4 Å². The number of ether oxygens (including phenoxy) is 1. The molecule has 0 atom stereocenters. The topological polar surface area (TPSA) is 110 Å². The lowest BCUT2D eigenvalue weighted by atomic mass is 10.0. The molecule has 1 heterocycles. The summed E-state index contributed by atoms with van der Waals surface area (Å²) in [7, 11) is 0. The quantitative estimate of drug-likeness (QED) is 0.170. The molecule has 10 heteroatoms. The fourth-order valence-electron chi connectivity index (χ4n) is 4.18. The van der Waals surface area contributed by atoms with Crippen molar-refractivity contribution in [2.75, 3.05) is 16.8 Å². The number of hydrogen-bond donors (Lipinski definition) is 1. The molecule has 0 saturated carbocycles. The number of imide groups is 1. The zero-order valence-corrected chi connectivity index (χ0v) is 22.0. The zero-order chi connectivity index (χ0) is 28.4. The van der Waals surface area contributed by atoms with Gasteiger partial charge in [-0.2, -0.15) is 0 Å². The van der Waals surface area contributed by atoms with Crippen LogP contribution in [0.15, 0.2) is 91.0 Å². The van der Waals surface area contributed by atoms with Gasteiger partial charge in [-0.1, -0.05) is 65.7 Å². The molecule has 0 fully saturated rings. The Morgan fingerprint density at radius 3 is 2.20 bits per heavy atom. The summed E-state index contributed by atoms with van der Waals surface area (Å²) in [4.78, 5) is 65.1. The predicted molar refractivity (Wildman–Crippen MR) is 149 cm³/mol. The molecule has 4 aromatic carbocycles. The van der Waals surface area contributed by atoms with E-state index in [0.717, 1.165) is 4.90 Å². The largest absolute Gasteiger partial charge is 0.452 e. The Kier molecular flexibility index (Phi) is 7.46. The van der Waals surface area contributed by atoms with Gasteiger partial charge in [-0.3, -0.25) is 19.2 Å². The number of halogens is 2. The minimum Gasteiger partial charge on any atom is -0.452 e. The molecule has 1 aliphatic rings. The summed E-state index contributed by atoms with van der Waals surface area (Å²) in [6, 6.07) is 23.2. The number of anilines is 2. The lowest BCUT2D eigenvalue weighted by Crippen LogP contribution is -2.29. The molecule has 198 valence electrons. The van der Waals surface area contributed by atoms with Crippen LogP contribution in [0.4, 0.5) is 11.4 Å². The number of hydrogen-bond acceptors (Lipinski definition) is 6. The van der Waals surface area contributed by atoms with Crippen LogP contribution >= 0.6 is 23.2 Å². The van der Waals surface area contributed by atoms with Gasteiger partial charge in [0.1, 0.15) is 0 Å². The SMILES string of the molecule is O=C(COC(=O)c1ccc2c(c1)C(=O)N(c1ccccc1Cl)C2=O)Nc1ccc(Cl)cc1C(=O)c1ccccc1. The van der Waals surface area contributed by atoms with Crippen molar-refractivity contribution < 1.29 is 28.7 Å². The summed E-state index contributed by atoms with van der Waals surface area (Å²) < 4.78 is 5.13. The first-order chi connectivity index (χ1) is 19.2. The molecule has 3 amide bonds. The van der Waals surface area contributed by atoms with E-state index in [1.807, 2.05) is 0 Å². The number of benzene rings is 4. The third kappa shape index (κ3) is 5.22. The molecular weight excluding hydrogens is 555 g/mol. The second kappa shape index (κ2) is 11.1. The highest BCUT2D eigenvalue weighted by Gasteiger charge is 2.38. The van der Waals surface area contributed by atoms with Crippen LogP contribution in [0, 0.1) is 0 Å². The van der Waals surface area contributed by atoms with Crippen molar-refractivity contribution in [2.24, 2.45) is 0 Å². The molecule has 0 saturated heterocycles. The Bertz CT molecular complexity index is 1700. The number of carbonyl (C=O) groups excluding carboxylic acids is 5. The molecular formula is C30H18Cl2N2O6. The van der Waals surface area contributed by atoms with Crippen molar-refractivity contribution in [1.82, 2.24) is 0 Å². The smallest absolute Gasteiger partial charge is 0.338 e. The second-order valence-corrected chi connectivity index (χ2v) is 9.51. The van der Waals surface area contributed by atoms with Crippen molar-refractivity contribution in [3.63, 3.8) is 0 Å². The maximum atomic E-state index is 13.0. The Morgan fingerprint density at radius 2 is 1.45 bits per heavy atom. The predicted octanol–water partition coefficient (Wildman–Crippen LogP) is 5.82. The van der Waals surface area contributed by atoms with Crippen molar-refractivity contribution in [3.8, 4) is 0 Å². The first-order valence-corrected chi connectivity index (χ1v) is 12.6. The van der Waals surface area contributed by atoms with Crippen LogP contribution in [0.3, 0.4) is 0 Å². The average Bonchev–Trinajstić information content (AvgIpc) is 3.21.